The van der Waals surface area contributed by atoms with Crippen LogP contribution in [0.1, 0.15) is 22.7 Å². The summed E-state index contributed by atoms with van der Waals surface area (Å²) in [7, 11) is 0. The molecule has 2 aromatic carbocycles. The highest BCUT2D eigenvalue weighted by molar-refractivity contribution is 5.81. The van der Waals surface area contributed by atoms with Crippen molar-refractivity contribution in [3.05, 3.63) is 71.3 Å². The van der Waals surface area contributed by atoms with Crippen LogP contribution in [0.25, 0.3) is 0 Å². The van der Waals surface area contributed by atoms with Crippen molar-refractivity contribution in [1.82, 2.24) is 0 Å². The quantitative estimate of drug-likeness (QED) is 0.794. The first-order valence-corrected chi connectivity index (χ1v) is 5.89. The smallest absolute Gasteiger partial charge is 0.238 e. The highest BCUT2D eigenvalue weighted by atomic mass is 16.1. The number of rotatable bonds is 2. The van der Waals surface area contributed by atoms with Crippen molar-refractivity contribution in [2.75, 3.05) is 0 Å². The van der Waals surface area contributed by atoms with E-state index in [-0.39, 0.29) is 0 Å². The number of benzene rings is 2. The molecule has 0 heterocycles. The van der Waals surface area contributed by atoms with Gasteiger partial charge in [0.2, 0.25) is 5.91 Å². The molecule has 4 N–H and O–H groups in total. The molecule has 0 spiro atoms. The standard InChI is InChI=1S/C16H14N2O/c17-15(16(18)19)14-10-8-13(9-11-14)7-6-12-4-2-1-3-5-12/h1-5,8-11,15H,17H2,(H2,18,19)/t15-/m0/s1. The van der Waals surface area contributed by atoms with Gasteiger partial charge in [-0.1, -0.05) is 42.2 Å². The van der Waals surface area contributed by atoms with Crippen molar-refractivity contribution >= 4 is 5.91 Å². The van der Waals surface area contributed by atoms with Gasteiger partial charge in [0, 0.05) is 11.1 Å². The maximum absolute atomic E-state index is 11.0. The monoisotopic (exact) mass is 250 g/mol. The molecule has 94 valence electrons. The van der Waals surface area contributed by atoms with Crippen LogP contribution in [0.2, 0.25) is 0 Å². The van der Waals surface area contributed by atoms with E-state index in [1.807, 2.05) is 42.5 Å². The molecule has 3 heteroatoms. The molecular formula is C16H14N2O. The minimum absolute atomic E-state index is 0.539. The molecule has 0 aliphatic carbocycles. The number of carbonyl (C=O) groups is 1. The number of hydrogen-bond acceptors (Lipinski definition) is 2. The molecular weight excluding hydrogens is 236 g/mol. The van der Waals surface area contributed by atoms with Crippen molar-refractivity contribution in [1.29, 1.82) is 0 Å². The average molecular weight is 250 g/mol. The van der Waals surface area contributed by atoms with Crippen molar-refractivity contribution in [2.24, 2.45) is 11.5 Å². The molecule has 0 unspecified atom stereocenters. The van der Waals surface area contributed by atoms with Gasteiger partial charge in [-0.25, -0.2) is 0 Å². The zero-order valence-electron chi connectivity index (χ0n) is 10.3. The van der Waals surface area contributed by atoms with Crippen LogP contribution in [0, 0.1) is 11.8 Å². The van der Waals surface area contributed by atoms with Crippen LogP contribution in [0.5, 0.6) is 0 Å². The maximum atomic E-state index is 11.0. The summed E-state index contributed by atoms with van der Waals surface area (Å²) >= 11 is 0. The van der Waals surface area contributed by atoms with E-state index in [0.717, 1.165) is 11.1 Å². The summed E-state index contributed by atoms with van der Waals surface area (Å²) in [4.78, 5) is 11.0. The molecule has 19 heavy (non-hydrogen) atoms. The van der Waals surface area contributed by atoms with Crippen LogP contribution in [0.3, 0.4) is 0 Å². The second-order valence-electron chi connectivity index (χ2n) is 4.12. The number of primary amides is 1. The van der Waals surface area contributed by atoms with Crippen LogP contribution in [0.15, 0.2) is 54.6 Å². The number of hydrogen-bond donors (Lipinski definition) is 2. The summed E-state index contributed by atoms with van der Waals surface area (Å²) in [5.41, 5.74) is 13.3. The predicted molar refractivity (Wildman–Crippen MR) is 75.0 cm³/mol. The summed E-state index contributed by atoms with van der Waals surface area (Å²) in [6, 6.07) is 16.2. The molecule has 0 radical (unpaired) electrons. The zero-order chi connectivity index (χ0) is 13.7. The van der Waals surface area contributed by atoms with E-state index in [1.165, 1.54) is 0 Å². The van der Waals surface area contributed by atoms with Crippen LogP contribution >= 0.6 is 0 Å². The molecule has 1 amide bonds. The van der Waals surface area contributed by atoms with E-state index in [2.05, 4.69) is 11.8 Å². The molecule has 2 rings (SSSR count). The van der Waals surface area contributed by atoms with Gasteiger partial charge in [0.1, 0.15) is 6.04 Å². The Morgan fingerprint density at radius 2 is 1.42 bits per heavy atom. The Balaban J connectivity index is 2.16. The molecule has 0 bridgehead atoms. The second kappa shape index (κ2) is 5.85. The normalized spacial score (nSPS) is 11.2. The molecule has 2 aromatic rings. The number of amides is 1. The van der Waals surface area contributed by atoms with Crippen molar-refractivity contribution in [2.45, 2.75) is 6.04 Å². The molecule has 0 aliphatic rings. The van der Waals surface area contributed by atoms with Crippen molar-refractivity contribution in [3.63, 3.8) is 0 Å². The van der Waals surface area contributed by atoms with E-state index in [4.69, 9.17) is 11.5 Å². The lowest BCUT2D eigenvalue weighted by atomic mass is 10.1. The Morgan fingerprint density at radius 1 is 0.895 bits per heavy atom. The molecule has 0 aliphatic heterocycles. The Hall–Kier alpha value is -2.57. The maximum Gasteiger partial charge on any atom is 0.238 e. The lowest BCUT2D eigenvalue weighted by Crippen LogP contribution is -2.28. The van der Waals surface area contributed by atoms with Crippen molar-refractivity contribution < 1.29 is 4.79 Å². The van der Waals surface area contributed by atoms with Crippen LogP contribution in [0.4, 0.5) is 0 Å². The third-order valence-corrected chi connectivity index (χ3v) is 2.70. The van der Waals surface area contributed by atoms with Gasteiger partial charge in [-0.2, -0.15) is 0 Å². The molecule has 0 saturated carbocycles. The Bertz CT molecular complexity index is 621. The zero-order valence-corrected chi connectivity index (χ0v) is 10.3. The summed E-state index contributed by atoms with van der Waals surface area (Å²) in [5, 5.41) is 0. The van der Waals surface area contributed by atoms with Gasteiger partial charge < -0.3 is 11.5 Å². The fraction of sp³-hybridized carbons (Fsp3) is 0.0625. The minimum atomic E-state index is -0.767. The highest BCUT2D eigenvalue weighted by Crippen LogP contribution is 2.10. The molecule has 1 atom stereocenters. The number of carbonyl (C=O) groups excluding carboxylic acids is 1. The fourth-order valence-electron chi connectivity index (χ4n) is 1.60. The number of nitrogens with two attached hydrogens (primary N) is 2. The average Bonchev–Trinajstić information content (AvgIpc) is 2.46. The Kier molecular flexibility index (Phi) is 3.97. The van der Waals surface area contributed by atoms with Crippen molar-refractivity contribution in [3.8, 4) is 11.8 Å². The van der Waals surface area contributed by atoms with Gasteiger partial charge in [-0.05, 0) is 29.8 Å². The van der Waals surface area contributed by atoms with Crippen LogP contribution in [-0.4, -0.2) is 5.91 Å². The van der Waals surface area contributed by atoms with E-state index in [0.29, 0.717) is 5.56 Å². The van der Waals surface area contributed by atoms with Gasteiger partial charge in [-0.15, -0.1) is 0 Å². The summed E-state index contributed by atoms with van der Waals surface area (Å²) in [6.45, 7) is 0. The molecule has 3 nitrogen and oxygen atoms in total. The lowest BCUT2D eigenvalue weighted by Gasteiger charge is -2.06. The first-order chi connectivity index (χ1) is 9.16. The molecule has 0 fully saturated rings. The summed E-state index contributed by atoms with van der Waals surface area (Å²) in [6.07, 6.45) is 0. The predicted octanol–water partition coefficient (Wildman–Crippen LogP) is 1.57. The van der Waals surface area contributed by atoms with Gasteiger partial charge in [-0.3, -0.25) is 4.79 Å². The second-order valence-corrected chi connectivity index (χ2v) is 4.12. The topological polar surface area (TPSA) is 69.1 Å². The Labute approximate surface area is 112 Å². The van der Waals surface area contributed by atoms with Crippen LogP contribution in [-0.2, 0) is 4.79 Å². The Morgan fingerprint density at radius 3 is 1.95 bits per heavy atom. The molecule has 0 saturated heterocycles. The SMILES string of the molecule is NC(=O)[C@@H](N)c1ccc(C#Cc2ccccc2)cc1. The third kappa shape index (κ3) is 3.44. The highest BCUT2D eigenvalue weighted by Gasteiger charge is 2.10. The van der Waals surface area contributed by atoms with Gasteiger partial charge in [0.25, 0.3) is 0 Å². The minimum Gasteiger partial charge on any atom is -0.368 e. The van der Waals surface area contributed by atoms with Crippen LogP contribution < -0.4 is 11.5 Å². The van der Waals surface area contributed by atoms with E-state index >= 15 is 0 Å². The van der Waals surface area contributed by atoms with Gasteiger partial charge in [0.05, 0.1) is 0 Å². The summed E-state index contributed by atoms with van der Waals surface area (Å²) in [5.74, 6) is 5.57. The lowest BCUT2D eigenvalue weighted by molar-refractivity contribution is -0.119. The first kappa shape index (κ1) is 12.9. The van der Waals surface area contributed by atoms with E-state index < -0.39 is 11.9 Å². The van der Waals surface area contributed by atoms with Gasteiger partial charge >= 0.3 is 0 Å². The van der Waals surface area contributed by atoms with Gasteiger partial charge in [0.15, 0.2) is 0 Å². The van der Waals surface area contributed by atoms with E-state index in [1.54, 1.807) is 12.1 Å². The van der Waals surface area contributed by atoms with E-state index in [9.17, 15) is 4.79 Å². The molecule has 0 aromatic heterocycles. The summed E-state index contributed by atoms with van der Waals surface area (Å²) < 4.78 is 0. The first-order valence-electron chi connectivity index (χ1n) is 5.89. The third-order valence-electron chi connectivity index (χ3n) is 2.70. The fourth-order valence-corrected chi connectivity index (χ4v) is 1.60. The largest absolute Gasteiger partial charge is 0.368 e.